The average molecular weight is 284 g/mol. The molecule has 0 spiro atoms. The van der Waals surface area contributed by atoms with Crippen molar-refractivity contribution in [3.63, 3.8) is 0 Å². The molecule has 0 aliphatic heterocycles. The number of rotatable bonds is 2. The molecule has 0 radical (unpaired) electrons. The molecule has 0 aliphatic carbocycles. The fraction of sp³-hybridized carbons (Fsp3) is 0. The van der Waals surface area contributed by atoms with Crippen LogP contribution in [0.2, 0.25) is 0 Å². The third-order valence-electron chi connectivity index (χ3n) is 2.82. The molecule has 0 fully saturated rings. The van der Waals surface area contributed by atoms with E-state index in [9.17, 15) is 14.3 Å². The quantitative estimate of drug-likeness (QED) is 0.747. The van der Waals surface area contributed by atoms with Gasteiger partial charge in [-0.05, 0) is 17.7 Å². The summed E-state index contributed by atoms with van der Waals surface area (Å²) in [5, 5.41) is 9.98. The third-order valence-corrected chi connectivity index (χ3v) is 2.82. The maximum Gasteiger partial charge on any atom is 0.262 e. The smallest absolute Gasteiger partial charge is 0.262 e. The van der Waals surface area contributed by atoms with Crippen LogP contribution in [-0.2, 0) is 0 Å². The zero-order valence-corrected chi connectivity index (χ0v) is 10.6. The Labute approximate surface area is 118 Å². The topological polar surface area (TPSA) is 91.8 Å². The second-order valence-electron chi connectivity index (χ2n) is 4.21. The van der Waals surface area contributed by atoms with Gasteiger partial charge in [-0.1, -0.05) is 12.1 Å². The first-order valence-electron chi connectivity index (χ1n) is 6.01. The van der Waals surface area contributed by atoms with Crippen LogP contribution < -0.4 is 5.56 Å². The van der Waals surface area contributed by atoms with E-state index >= 15 is 0 Å². The van der Waals surface area contributed by atoms with Crippen LogP contribution in [0.1, 0.15) is 0 Å². The fourth-order valence-corrected chi connectivity index (χ4v) is 1.91. The number of aromatic hydroxyl groups is 1. The van der Waals surface area contributed by atoms with Gasteiger partial charge in [-0.2, -0.15) is 4.98 Å². The number of halogens is 1. The lowest BCUT2D eigenvalue weighted by molar-refractivity contribution is 0.454. The largest absolute Gasteiger partial charge is 0.493 e. The van der Waals surface area contributed by atoms with Crippen LogP contribution in [-0.4, -0.2) is 25.0 Å². The van der Waals surface area contributed by atoms with Gasteiger partial charge in [-0.15, -0.1) is 0 Å². The van der Waals surface area contributed by atoms with E-state index in [1.54, 1.807) is 0 Å². The first-order chi connectivity index (χ1) is 10.1. The van der Waals surface area contributed by atoms with Crippen molar-refractivity contribution in [3.8, 4) is 28.5 Å². The molecule has 2 N–H and O–H groups in total. The lowest BCUT2D eigenvalue weighted by Gasteiger charge is -2.05. The molecule has 0 amide bonds. The van der Waals surface area contributed by atoms with E-state index in [1.165, 1.54) is 36.8 Å². The van der Waals surface area contributed by atoms with Crippen LogP contribution in [0.15, 0.2) is 47.7 Å². The van der Waals surface area contributed by atoms with Crippen LogP contribution in [0.5, 0.6) is 5.88 Å². The van der Waals surface area contributed by atoms with Gasteiger partial charge in [0.25, 0.3) is 5.56 Å². The van der Waals surface area contributed by atoms with E-state index in [0.29, 0.717) is 5.69 Å². The van der Waals surface area contributed by atoms with Crippen LogP contribution in [0.3, 0.4) is 0 Å². The Hall–Kier alpha value is -3.09. The average Bonchev–Trinajstić information content (AvgIpc) is 2.47. The molecule has 3 rings (SSSR count). The Morgan fingerprint density at radius 3 is 2.76 bits per heavy atom. The van der Waals surface area contributed by atoms with E-state index in [2.05, 4.69) is 19.9 Å². The highest BCUT2D eigenvalue weighted by Gasteiger charge is 2.14. The normalized spacial score (nSPS) is 10.5. The van der Waals surface area contributed by atoms with Crippen LogP contribution in [0, 0.1) is 5.82 Å². The van der Waals surface area contributed by atoms with E-state index < -0.39 is 17.3 Å². The molecular weight excluding hydrogens is 275 g/mol. The zero-order valence-electron chi connectivity index (χ0n) is 10.6. The van der Waals surface area contributed by atoms with Crippen LogP contribution >= 0.6 is 0 Å². The van der Waals surface area contributed by atoms with E-state index in [-0.39, 0.29) is 17.0 Å². The molecule has 21 heavy (non-hydrogen) atoms. The summed E-state index contributed by atoms with van der Waals surface area (Å²) in [6.45, 7) is 0. The van der Waals surface area contributed by atoms with Gasteiger partial charge in [0.1, 0.15) is 17.1 Å². The lowest BCUT2D eigenvalue weighted by Crippen LogP contribution is -2.12. The van der Waals surface area contributed by atoms with Gasteiger partial charge in [0.15, 0.2) is 5.82 Å². The van der Waals surface area contributed by atoms with Gasteiger partial charge in [0.2, 0.25) is 5.88 Å². The summed E-state index contributed by atoms with van der Waals surface area (Å²) in [5.74, 6) is -0.917. The Kier molecular flexibility index (Phi) is 3.15. The Bertz CT molecular complexity index is 849. The summed E-state index contributed by atoms with van der Waals surface area (Å²) in [6.07, 6.45) is 4.31. The van der Waals surface area contributed by atoms with Gasteiger partial charge >= 0.3 is 0 Å². The van der Waals surface area contributed by atoms with E-state index in [1.807, 2.05) is 0 Å². The summed E-state index contributed by atoms with van der Waals surface area (Å²) in [6, 6.07) is 5.35. The number of benzene rings is 1. The summed E-state index contributed by atoms with van der Waals surface area (Å²) in [4.78, 5) is 26.3. The molecular formula is C14H9FN4O2. The monoisotopic (exact) mass is 284 g/mol. The van der Waals surface area contributed by atoms with Crippen molar-refractivity contribution in [1.29, 1.82) is 0 Å². The second kappa shape index (κ2) is 5.12. The summed E-state index contributed by atoms with van der Waals surface area (Å²) >= 11 is 0. The van der Waals surface area contributed by atoms with Gasteiger partial charge in [-0.25, -0.2) is 9.37 Å². The predicted molar refractivity (Wildman–Crippen MR) is 72.9 cm³/mol. The molecule has 0 unspecified atom stereocenters. The molecule has 104 valence electrons. The molecule has 2 heterocycles. The number of H-pyrrole nitrogens is 1. The minimum absolute atomic E-state index is 0.0887. The number of aromatic nitrogens is 4. The number of aromatic amines is 1. The number of hydrogen-bond acceptors (Lipinski definition) is 5. The fourth-order valence-electron chi connectivity index (χ4n) is 1.91. The third kappa shape index (κ3) is 2.48. The standard InChI is InChI=1S/C14H9FN4O2/c15-9-3-1-2-8(6-9)11-13(20)18-12(19-14(11)21)10-7-16-4-5-17-10/h1-7H,(H2,18,19,20,21). The molecule has 7 heteroatoms. The second-order valence-corrected chi connectivity index (χ2v) is 4.21. The molecule has 3 aromatic rings. The molecule has 0 atom stereocenters. The molecule has 1 aromatic carbocycles. The van der Waals surface area contributed by atoms with Crippen molar-refractivity contribution in [2.75, 3.05) is 0 Å². The number of nitrogens with zero attached hydrogens (tertiary/aromatic N) is 3. The maximum atomic E-state index is 13.2. The maximum absolute atomic E-state index is 13.2. The molecule has 2 aromatic heterocycles. The molecule has 0 saturated heterocycles. The molecule has 0 bridgehead atoms. The molecule has 6 nitrogen and oxygen atoms in total. The Balaban J connectivity index is 2.16. The number of nitrogens with one attached hydrogen (secondary N) is 1. The first-order valence-corrected chi connectivity index (χ1v) is 6.01. The number of hydrogen-bond donors (Lipinski definition) is 2. The molecule has 0 aliphatic rings. The Morgan fingerprint density at radius 1 is 1.24 bits per heavy atom. The highest BCUT2D eigenvalue weighted by atomic mass is 19.1. The van der Waals surface area contributed by atoms with Crippen molar-refractivity contribution >= 4 is 0 Å². The van der Waals surface area contributed by atoms with Crippen molar-refractivity contribution in [2.45, 2.75) is 0 Å². The van der Waals surface area contributed by atoms with Crippen molar-refractivity contribution in [3.05, 3.63) is 59.0 Å². The highest BCUT2D eigenvalue weighted by Crippen LogP contribution is 2.25. The van der Waals surface area contributed by atoms with Gasteiger partial charge in [-0.3, -0.25) is 9.78 Å². The predicted octanol–water partition coefficient (Wildman–Crippen LogP) is 1.74. The summed E-state index contributed by atoms with van der Waals surface area (Å²) in [5.41, 5.74) is -0.126. The van der Waals surface area contributed by atoms with Gasteiger partial charge in [0.05, 0.1) is 6.20 Å². The summed E-state index contributed by atoms with van der Waals surface area (Å²) < 4.78 is 13.2. The van der Waals surface area contributed by atoms with Gasteiger partial charge < -0.3 is 10.1 Å². The summed E-state index contributed by atoms with van der Waals surface area (Å²) in [7, 11) is 0. The minimum Gasteiger partial charge on any atom is -0.493 e. The highest BCUT2D eigenvalue weighted by molar-refractivity contribution is 5.68. The van der Waals surface area contributed by atoms with Crippen LogP contribution in [0.25, 0.3) is 22.6 Å². The minimum atomic E-state index is -0.589. The van der Waals surface area contributed by atoms with E-state index in [0.717, 1.165) is 6.07 Å². The van der Waals surface area contributed by atoms with Gasteiger partial charge in [0, 0.05) is 12.4 Å². The first kappa shape index (κ1) is 12.9. The lowest BCUT2D eigenvalue weighted by atomic mass is 10.1. The van der Waals surface area contributed by atoms with E-state index in [4.69, 9.17) is 0 Å². The van der Waals surface area contributed by atoms with Crippen molar-refractivity contribution in [2.24, 2.45) is 0 Å². The SMILES string of the molecule is O=c1[nH]c(-c2cnccn2)nc(O)c1-c1cccc(F)c1. The Morgan fingerprint density at radius 2 is 2.10 bits per heavy atom. The molecule has 0 saturated carbocycles. The van der Waals surface area contributed by atoms with Crippen molar-refractivity contribution < 1.29 is 9.50 Å². The van der Waals surface area contributed by atoms with Crippen LogP contribution in [0.4, 0.5) is 4.39 Å². The zero-order chi connectivity index (χ0) is 14.8. The van der Waals surface area contributed by atoms with Crippen molar-refractivity contribution in [1.82, 2.24) is 19.9 Å².